The van der Waals surface area contributed by atoms with Crippen molar-refractivity contribution in [2.75, 3.05) is 11.4 Å². The second-order valence-electron chi connectivity index (χ2n) is 6.42. The van der Waals surface area contributed by atoms with Gasteiger partial charge in [0.1, 0.15) is 24.1 Å². The van der Waals surface area contributed by atoms with Gasteiger partial charge in [-0.2, -0.15) is 5.10 Å². The van der Waals surface area contributed by atoms with Gasteiger partial charge < -0.3 is 9.42 Å². The first-order valence-corrected chi connectivity index (χ1v) is 8.55. The molecule has 0 aliphatic rings. The molecule has 4 rings (SSSR count). The van der Waals surface area contributed by atoms with Crippen LogP contribution in [0, 0.1) is 6.92 Å². The summed E-state index contributed by atoms with van der Waals surface area (Å²) in [6.45, 7) is 5.54. The van der Waals surface area contributed by atoms with Crippen LogP contribution in [0.3, 0.4) is 0 Å². The zero-order valence-electron chi connectivity index (χ0n) is 14.8. The van der Waals surface area contributed by atoms with Gasteiger partial charge in [0.05, 0.1) is 18.1 Å². The Bertz CT molecular complexity index is 981. The second-order valence-corrected chi connectivity index (χ2v) is 6.42. The predicted molar refractivity (Wildman–Crippen MR) is 98.8 cm³/mol. The Morgan fingerprint density at radius 3 is 2.92 bits per heavy atom. The smallest absolute Gasteiger partial charge is 0.140 e. The van der Waals surface area contributed by atoms with Gasteiger partial charge in [0.15, 0.2) is 0 Å². The molecule has 0 fully saturated rings. The van der Waals surface area contributed by atoms with Crippen LogP contribution in [-0.2, 0) is 6.54 Å². The van der Waals surface area contributed by atoms with Crippen molar-refractivity contribution < 1.29 is 4.52 Å². The maximum Gasteiger partial charge on any atom is 0.140 e. The van der Waals surface area contributed by atoms with Crippen LogP contribution < -0.4 is 4.90 Å². The van der Waals surface area contributed by atoms with Crippen LogP contribution in [0.25, 0.3) is 10.9 Å². The van der Waals surface area contributed by atoms with Crippen LogP contribution in [0.5, 0.6) is 0 Å². The normalized spacial score (nSPS) is 12.4. The van der Waals surface area contributed by atoms with Crippen LogP contribution in [0.1, 0.15) is 24.2 Å². The average molecular weight is 348 g/mol. The molecule has 0 N–H and O–H groups in total. The Morgan fingerprint density at radius 2 is 2.15 bits per heavy atom. The van der Waals surface area contributed by atoms with E-state index in [0.717, 1.165) is 29.0 Å². The van der Waals surface area contributed by atoms with E-state index in [0.29, 0.717) is 6.54 Å². The molecule has 7 nitrogen and oxygen atoms in total. The van der Waals surface area contributed by atoms with E-state index >= 15 is 0 Å². The number of aromatic nitrogens is 5. The Labute approximate surface area is 151 Å². The maximum absolute atomic E-state index is 5.01. The predicted octanol–water partition coefficient (Wildman–Crippen LogP) is 3.39. The highest BCUT2D eigenvalue weighted by Gasteiger charge is 2.18. The fraction of sp³-hybridized carbons (Fsp3) is 0.263. The van der Waals surface area contributed by atoms with Gasteiger partial charge in [0, 0.05) is 30.4 Å². The van der Waals surface area contributed by atoms with Crippen molar-refractivity contribution in [1.29, 1.82) is 0 Å². The fourth-order valence-electron chi connectivity index (χ4n) is 3.09. The minimum absolute atomic E-state index is 0.173. The zero-order valence-corrected chi connectivity index (χ0v) is 14.8. The average Bonchev–Trinajstić information content (AvgIpc) is 3.34. The minimum atomic E-state index is 0.173. The molecule has 0 spiro atoms. The summed E-state index contributed by atoms with van der Waals surface area (Å²) < 4.78 is 6.96. The van der Waals surface area contributed by atoms with Gasteiger partial charge >= 0.3 is 0 Å². The molecule has 3 aromatic heterocycles. The van der Waals surface area contributed by atoms with Crippen molar-refractivity contribution in [3.05, 3.63) is 66.6 Å². The molecule has 0 bridgehead atoms. The molecule has 26 heavy (non-hydrogen) atoms. The summed E-state index contributed by atoms with van der Waals surface area (Å²) in [5, 5.41) is 9.46. The Kier molecular flexibility index (Phi) is 4.35. The molecule has 0 saturated heterocycles. The lowest BCUT2D eigenvalue weighted by Crippen LogP contribution is -2.30. The van der Waals surface area contributed by atoms with Crippen molar-refractivity contribution in [2.45, 2.75) is 26.4 Å². The first kappa shape index (κ1) is 16.3. The standard InChI is InChI=1S/C19H20N6O/c1-14-4-5-18-17(10-14)19(21-13-20-18)24(12-16-6-9-26-23-16)11-15(2)25-8-3-7-22-25/h3-10,13,15H,11-12H2,1-2H3. The number of hydrogen-bond donors (Lipinski definition) is 0. The molecule has 0 amide bonds. The third-order valence-corrected chi connectivity index (χ3v) is 4.37. The van der Waals surface area contributed by atoms with Crippen molar-refractivity contribution in [3.8, 4) is 0 Å². The van der Waals surface area contributed by atoms with Gasteiger partial charge in [-0.3, -0.25) is 4.68 Å². The monoisotopic (exact) mass is 348 g/mol. The van der Waals surface area contributed by atoms with Gasteiger partial charge in [-0.1, -0.05) is 16.8 Å². The summed E-state index contributed by atoms with van der Waals surface area (Å²) in [6.07, 6.45) is 6.97. The largest absolute Gasteiger partial charge is 0.364 e. The quantitative estimate of drug-likeness (QED) is 0.532. The van der Waals surface area contributed by atoms with Gasteiger partial charge in [-0.25, -0.2) is 9.97 Å². The van der Waals surface area contributed by atoms with E-state index in [1.165, 1.54) is 5.56 Å². The molecule has 1 unspecified atom stereocenters. The molecule has 0 saturated carbocycles. The van der Waals surface area contributed by atoms with Crippen molar-refractivity contribution in [1.82, 2.24) is 24.9 Å². The Balaban J connectivity index is 1.73. The minimum Gasteiger partial charge on any atom is -0.364 e. The van der Waals surface area contributed by atoms with E-state index in [9.17, 15) is 0 Å². The van der Waals surface area contributed by atoms with E-state index in [2.05, 4.69) is 51.1 Å². The topological polar surface area (TPSA) is 72.9 Å². The highest BCUT2D eigenvalue weighted by atomic mass is 16.5. The van der Waals surface area contributed by atoms with Crippen LogP contribution in [0.4, 0.5) is 5.82 Å². The van der Waals surface area contributed by atoms with E-state index in [1.54, 1.807) is 18.8 Å². The molecule has 0 aliphatic carbocycles. The number of anilines is 1. The highest BCUT2D eigenvalue weighted by molar-refractivity contribution is 5.89. The van der Waals surface area contributed by atoms with E-state index < -0.39 is 0 Å². The number of nitrogens with zero attached hydrogens (tertiary/aromatic N) is 6. The zero-order chi connectivity index (χ0) is 17.9. The summed E-state index contributed by atoms with van der Waals surface area (Å²) in [7, 11) is 0. The fourth-order valence-corrected chi connectivity index (χ4v) is 3.09. The van der Waals surface area contributed by atoms with E-state index in [1.807, 2.05) is 29.1 Å². The molecule has 0 radical (unpaired) electrons. The van der Waals surface area contributed by atoms with Crippen LogP contribution in [0.2, 0.25) is 0 Å². The number of rotatable bonds is 6. The van der Waals surface area contributed by atoms with Gasteiger partial charge in [0.25, 0.3) is 0 Å². The summed E-state index contributed by atoms with van der Waals surface area (Å²) in [4.78, 5) is 11.2. The highest BCUT2D eigenvalue weighted by Crippen LogP contribution is 2.26. The molecule has 7 heteroatoms. The van der Waals surface area contributed by atoms with Crippen molar-refractivity contribution in [2.24, 2.45) is 0 Å². The van der Waals surface area contributed by atoms with Crippen molar-refractivity contribution >= 4 is 16.7 Å². The molecule has 4 aromatic rings. The maximum atomic E-state index is 5.01. The molecule has 1 atom stereocenters. The first-order valence-electron chi connectivity index (χ1n) is 8.55. The summed E-state index contributed by atoms with van der Waals surface area (Å²) in [5.41, 5.74) is 2.96. The summed E-state index contributed by atoms with van der Waals surface area (Å²) in [5.74, 6) is 0.890. The Morgan fingerprint density at radius 1 is 1.23 bits per heavy atom. The van der Waals surface area contributed by atoms with Crippen LogP contribution in [-0.4, -0.2) is 31.4 Å². The summed E-state index contributed by atoms with van der Waals surface area (Å²) in [6, 6.07) is 10.2. The number of hydrogen-bond acceptors (Lipinski definition) is 6. The van der Waals surface area contributed by atoms with Gasteiger partial charge in [0.2, 0.25) is 0 Å². The number of fused-ring (bicyclic) bond motifs is 1. The lowest BCUT2D eigenvalue weighted by molar-refractivity contribution is 0.408. The molecular weight excluding hydrogens is 328 g/mol. The first-order chi connectivity index (χ1) is 12.7. The van der Waals surface area contributed by atoms with E-state index in [-0.39, 0.29) is 6.04 Å². The molecule has 132 valence electrons. The number of benzene rings is 1. The van der Waals surface area contributed by atoms with Crippen molar-refractivity contribution in [3.63, 3.8) is 0 Å². The van der Waals surface area contributed by atoms with Crippen LogP contribution in [0.15, 0.2) is 59.8 Å². The van der Waals surface area contributed by atoms with E-state index in [4.69, 9.17) is 4.52 Å². The Hall–Kier alpha value is -3.22. The lowest BCUT2D eigenvalue weighted by atomic mass is 10.1. The third kappa shape index (κ3) is 3.28. The SMILES string of the molecule is Cc1ccc2ncnc(N(Cc3ccon3)CC(C)n3cccn3)c2c1. The van der Waals surface area contributed by atoms with Gasteiger partial charge in [-0.05, 0) is 32.0 Å². The van der Waals surface area contributed by atoms with Crippen LogP contribution >= 0.6 is 0 Å². The number of aryl methyl sites for hydroxylation is 1. The van der Waals surface area contributed by atoms with Gasteiger partial charge in [-0.15, -0.1) is 0 Å². The lowest BCUT2D eigenvalue weighted by Gasteiger charge is -2.27. The molecule has 3 heterocycles. The third-order valence-electron chi connectivity index (χ3n) is 4.37. The molecule has 1 aromatic carbocycles. The summed E-state index contributed by atoms with van der Waals surface area (Å²) >= 11 is 0. The molecule has 0 aliphatic heterocycles. The molecular formula is C19H20N6O. The second kappa shape index (κ2) is 6.95.